The van der Waals surface area contributed by atoms with Gasteiger partial charge in [-0.05, 0) is 43.5 Å². The van der Waals surface area contributed by atoms with E-state index in [4.69, 9.17) is 10.5 Å². The molecule has 0 amide bonds. The minimum Gasteiger partial charge on any atom is -0.496 e. The Morgan fingerprint density at radius 3 is 2.47 bits per heavy atom. The van der Waals surface area contributed by atoms with Gasteiger partial charge in [0.1, 0.15) is 5.75 Å². The van der Waals surface area contributed by atoms with Crippen LogP contribution in [0.5, 0.6) is 5.75 Å². The molecule has 3 heteroatoms. The summed E-state index contributed by atoms with van der Waals surface area (Å²) < 4.78 is 5.36. The number of hydrogen-bond donors (Lipinski definition) is 2. The molecular weight excluding hydrogens is 188 g/mol. The lowest BCUT2D eigenvalue weighted by atomic mass is 10.0. The summed E-state index contributed by atoms with van der Waals surface area (Å²) in [5.74, 6) is 0.978. The van der Waals surface area contributed by atoms with Crippen LogP contribution in [0.4, 0.5) is 5.69 Å². The van der Waals surface area contributed by atoms with Crippen LogP contribution in [-0.4, -0.2) is 20.2 Å². The maximum atomic E-state index is 5.47. The first kappa shape index (κ1) is 11.9. The van der Waals surface area contributed by atoms with E-state index < -0.39 is 0 Å². The smallest absolute Gasteiger partial charge is 0.125 e. The Kier molecular flexibility index (Phi) is 3.97. The fourth-order valence-corrected chi connectivity index (χ4v) is 1.76. The molecule has 0 radical (unpaired) electrons. The second-order valence-electron chi connectivity index (χ2n) is 3.74. The van der Waals surface area contributed by atoms with Crippen LogP contribution >= 0.6 is 0 Å². The van der Waals surface area contributed by atoms with Crippen LogP contribution < -0.4 is 15.8 Å². The number of benzene rings is 1. The highest BCUT2D eigenvalue weighted by Crippen LogP contribution is 2.31. The summed E-state index contributed by atoms with van der Waals surface area (Å²) in [6, 6.07) is 2.11. The number of hydrogen-bond acceptors (Lipinski definition) is 3. The van der Waals surface area contributed by atoms with E-state index in [0.717, 1.165) is 23.5 Å². The number of methoxy groups -OCH3 is 1. The minimum absolute atomic E-state index is 0.642. The molecule has 0 aromatic heterocycles. The third-order valence-corrected chi connectivity index (χ3v) is 2.69. The van der Waals surface area contributed by atoms with Crippen LogP contribution in [0.15, 0.2) is 6.07 Å². The molecule has 1 aromatic carbocycles. The van der Waals surface area contributed by atoms with Crippen molar-refractivity contribution in [2.24, 2.45) is 5.73 Å². The third kappa shape index (κ3) is 2.42. The monoisotopic (exact) mass is 208 g/mol. The van der Waals surface area contributed by atoms with Gasteiger partial charge in [-0.3, -0.25) is 0 Å². The van der Waals surface area contributed by atoms with Gasteiger partial charge >= 0.3 is 0 Å². The molecule has 0 unspecified atom stereocenters. The normalized spacial score (nSPS) is 10.2. The van der Waals surface area contributed by atoms with Crippen LogP contribution in [0.1, 0.15) is 16.7 Å². The summed E-state index contributed by atoms with van der Waals surface area (Å²) >= 11 is 0. The van der Waals surface area contributed by atoms with E-state index >= 15 is 0 Å². The van der Waals surface area contributed by atoms with Crippen molar-refractivity contribution in [1.82, 2.24) is 0 Å². The van der Waals surface area contributed by atoms with E-state index in [1.807, 2.05) is 0 Å². The summed E-state index contributed by atoms with van der Waals surface area (Å²) in [7, 11) is 1.71. The zero-order valence-electron chi connectivity index (χ0n) is 9.98. The molecule has 0 bridgehead atoms. The number of nitrogens with two attached hydrogens (primary N) is 1. The molecule has 84 valence electrons. The van der Waals surface area contributed by atoms with Gasteiger partial charge in [0.05, 0.1) is 7.11 Å². The van der Waals surface area contributed by atoms with E-state index in [1.165, 1.54) is 11.1 Å². The highest BCUT2D eigenvalue weighted by molar-refractivity contribution is 5.61. The lowest BCUT2D eigenvalue weighted by Gasteiger charge is -2.16. The molecule has 0 aliphatic carbocycles. The topological polar surface area (TPSA) is 47.3 Å². The van der Waals surface area contributed by atoms with Crippen LogP contribution in [-0.2, 0) is 0 Å². The highest BCUT2D eigenvalue weighted by atomic mass is 16.5. The van der Waals surface area contributed by atoms with Gasteiger partial charge in [0.2, 0.25) is 0 Å². The average Bonchev–Trinajstić information content (AvgIpc) is 2.22. The lowest BCUT2D eigenvalue weighted by Crippen LogP contribution is -2.14. The first-order chi connectivity index (χ1) is 7.11. The number of rotatable bonds is 4. The van der Waals surface area contributed by atoms with Crippen LogP contribution in [0.3, 0.4) is 0 Å². The summed E-state index contributed by atoms with van der Waals surface area (Å²) in [6.07, 6.45) is 0. The molecule has 0 saturated heterocycles. The molecule has 1 rings (SSSR count). The minimum atomic E-state index is 0.642. The summed E-state index contributed by atoms with van der Waals surface area (Å²) in [5.41, 5.74) is 10.2. The first-order valence-corrected chi connectivity index (χ1v) is 5.20. The van der Waals surface area contributed by atoms with Crippen molar-refractivity contribution >= 4 is 5.69 Å². The van der Waals surface area contributed by atoms with Gasteiger partial charge in [-0.1, -0.05) is 0 Å². The zero-order valence-corrected chi connectivity index (χ0v) is 9.98. The van der Waals surface area contributed by atoms with Crippen molar-refractivity contribution in [3.63, 3.8) is 0 Å². The Balaban J connectivity index is 3.10. The van der Waals surface area contributed by atoms with Gasteiger partial charge < -0.3 is 15.8 Å². The van der Waals surface area contributed by atoms with Crippen molar-refractivity contribution in [2.75, 3.05) is 25.5 Å². The Morgan fingerprint density at radius 2 is 1.93 bits per heavy atom. The SMILES string of the molecule is COc1c(C)cc(NCCN)c(C)c1C. The Hall–Kier alpha value is -1.22. The van der Waals surface area contributed by atoms with Gasteiger partial charge in [-0.15, -0.1) is 0 Å². The molecule has 1 aromatic rings. The molecule has 0 saturated carbocycles. The standard InChI is InChI=1S/C12H20N2O/c1-8-7-11(14-6-5-13)9(2)10(3)12(8)15-4/h7,14H,5-6,13H2,1-4H3. The van der Waals surface area contributed by atoms with Gasteiger partial charge in [0.15, 0.2) is 0 Å². The van der Waals surface area contributed by atoms with Gasteiger partial charge in [-0.25, -0.2) is 0 Å². The quantitative estimate of drug-likeness (QED) is 0.795. The molecule has 0 fully saturated rings. The van der Waals surface area contributed by atoms with E-state index in [0.29, 0.717) is 6.54 Å². The molecule has 0 heterocycles. The van der Waals surface area contributed by atoms with Crippen molar-refractivity contribution in [1.29, 1.82) is 0 Å². The zero-order chi connectivity index (χ0) is 11.4. The molecule has 3 nitrogen and oxygen atoms in total. The van der Waals surface area contributed by atoms with Crippen molar-refractivity contribution < 1.29 is 4.74 Å². The molecular formula is C12H20N2O. The molecule has 0 atom stereocenters. The summed E-state index contributed by atoms with van der Waals surface area (Å²) in [4.78, 5) is 0. The van der Waals surface area contributed by atoms with E-state index in [9.17, 15) is 0 Å². The fraction of sp³-hybridized carbons (Fsp3) is 0.500. The number of aryl methyl sites for hydroxylation is 1. The predicted molar refractivity (Wildman–Crippen MR) is 64.7 cm³/mol. The summed E-state index contributed by atoms with van der Waals surface area (Å²) in [5, 5.41) is 3.32. The van der Waals surface area contributed by atoms with Crippen molar-refractivity contribution in [2.45, 2.75) is 20.8 Å². The molecule has 0 aliphatic heterocycles. The highest BCUT2D eigenvalue weighted by Gasteiger charge is 2.09. The molecule has 15 heavy (non-hydrogen) atoms. The van der Waals surface area contributed by atoms with E-state index in [-0.39, 0.29) is 0 Å². The van der Waals surface area contributed by atoms with Gasteiger partial charge in [0.25, 0.3) is 0 Å². The number of ether oxygens (including phenoxy) is 1. The molecule has 3 N–H and O–H groups in total. The van der Waals surface area contributed by atoms with Crippen LogP contribution in [0, 0.1) is 20.8 Å². The van der Waals surface area contributed by atoms with Gasteiger partial charge in [0, 0.05) is 18.8 Å². The number of anilines is 1. The first-order valence-electron chi connectivity index (χ1n) is 5.20. The van der Waals surface area contributed by atoms with E-state index in [1.54, 1.807) is 7.11 Å². The lowest BCUT2D eigenvalue weighted by molar-refractivity contribution is 0.408. The van der Waals surface area contributed by atoms with Crippen molar-refractivity contribution in [3.8, 4) is 5.75 Å². The molecule has 0 aliphatic rings. The average molecular weight is 208 g/mol. The maximum Gasteiger partial charge on any atom is 0.125 e. The predicted octanol–water partition coefficient (Wildman–Crippen LogP) is 1.99. The summed E-state index contributed by atoms with van der Waals surface area (Å²) in [6.45, 7) is 7.67. The second kappa shape index (κ2) is 5.03. The Morgan fingerprint density at radius 1 is 1.27 bits per heavy atom. The Labute approximate surface area is 91.6 Å². The van der Waals surface area contributed by atoms with Crippen LogP contribution in [0.2, 0.25) is 0 Å². The number of nitrogens with one attached hydrogen (secondary N) is 1. The third-order valence-electron chi connectivity index (χ3n) is 2.69. The van der Waals surface area contributed by atoms with Gasteiger partial charge in [-0.2, -0.15) is 0 Å². The fourth-order valence-electron chi connectivity index (χ4n) is 1.76. The second-order valence-corrected chi connectivity index (χ2v) is 3.74. The molecule has 0 spiro atoms. The van der Waals surface area contributed by atoms with Crippen LogP contribution in [0.25, 0.3) is 0 Å². The van der Waals surface area contributed by atoms with Crippen molar-refractivity contribution in [3.05, 3.63) is 22.8 Å². The Bertz CT molecular complexity index is 348. The van der Waals surface area contributed by atoms with E-state index in [2.05, 4.69) is 32.2 Å². The maximum absolute atomic E-state index is 5.47. The largest absolute Gasteiger partial charge is 0.496 e.